The van der Waals surface area contributed by atoms with Gasteiger partial charge in [-0.3, -0.25) is 4.99 Å². The van der Waals surface area contributed by atoms with Crippen molar-refractivity contribution in [1.29, 1.82) is 0 Å². The van der Waals surface area contributed by atoms with Crippen molar-refractivity contribution >= 4 is 11.4 Å². The minimum Gasteiger partial charge on any atom is -0.398 e. The molecule has 0 fully saturated rings. The fraction of sp³-hybridized carbons (Fsp3) is 0.155. The summed E-state index contributed by atoms with van der Waals surface area (Å²) in [5, 5.41) is 0. The molecule has 0 radical (unpaired) electrons. The third-order valence-corrected chi connectivity index (χ3v) is 13.0. The first-order valence-electron chi connectivity index (χ1n) is 22.0. The van der Waals surface area contributed by atoms with Gasteiger partial charge in [0.1, 0.15) is 0 Å². The van der Waals surface area contributed by atoms with Gasteiger partial charge >= 0.3 is 0 Å². The highest BCUT2D eigenvalue weighted by Crippen LogP contribution is 2.49. The van der Waals surface area contributed by atoms with Crippen molar-refractivity contribution in [1.82, 2.24) is 9.97 Å². The van der Waals surface area contributed by atoms with E-state index in [4.69, 9.17) is 20.7 Å². The van der Waals surface area contributed by atoms with Gasteiger partial charge in [-0.15, -0.1) is 0 Å². The van der Waals surface area contributed by atoms with E-state index in [0.29, 0.717) is 5.82 Å². The van der Waals surface area contributed by atoms with Crippen LogP contribution in [0.4, 0.5) is 5.69 Å². The number of hydrogen-bond acceptors (Lipinski definition) is 4. The van der Waals surface area contributed by atoms with Crippen LogP contribution in [0.25, 0.3) is 44.9 Å². The molecule has 4 atom stereocenters. The van der Waals surface area contributed by atoms with Crippen LogP contribution in [0.5, 0.6) is 0 Å². The number of nitrogens with two attached hydrogens (primary N) is 1. The van der Waals surface area contributed by atoms with E-state index in [2.05, 4.69) is 203 Å². The normalized spacial score (nSPS) is 17.9. The van der Waals surface area contributed by atoms with Gasteiger partial charge in [0, 0.05) is 51.3 Å². The second-order valence-electron chi connectivity index (χ2n) is 16.7. The van der Waals surface area contributed by atoms with Gasteiger partial charge < -0.3 is 5.73 Å². The summed E-state index contributed by atoms with van der Waals surface area (Å²) in [6.07, 6.45) is 19.5. The molecule has 0 bridgehead atoms. The van der Waals surface area contributed by atoms with Gasteiger partial charge in [0.05, 0.1) is 23.1 Å². The molecule has 1 aliphatic heterocycles. The number of rotatable bonds is 9. The van der Waals surface area contributed by atoms with Crippen molar-refractivity contribution in [3.8, 4) is 44.9 Å². The highest BCUT2D eigenvalue weighted by atomic mass is 14.9. The zero-order valence-corrected chi connectivity index (χ0v) is 35.5. The van der Waals surface area contributed by atoms with E-state index < -0.39 is 0 Å². The fourth-order valence-corrected chi connectivity index (χ4v) is 10.0. The maximum atomic E-state index is 7.34. The number of benzene rings is 6. The summed E-state index contributed by atoms with van der Waals surface area (Å²) in [6.45, 7) is 6.95. The van der Waals surface area contributed by atoms with Crippen molar-refractivity contribution < 1.29 is 0 Å². The quantitative estimate of drug-likeness (QED) is 0.148. The summed E-state index contributed by atoms with van der Waals surface area (Å²) >= 11 is 0. The molecule has 4 heteroatoms. The molecule has 302 valence electrons. The topological polar surface area (TPSA) is 64.2 Å². The van der Waals surface area contributed by atoms with E-state index in [1.54, 1.807) is 0 Å². The van der Waals surface area contributed by atoms with Gasteiger partial charge in [-0.1, -0.05) is 177 Å². The average molecular weight is 803 g/mol. The number of allylic oxidation sites excluding steroid dienone is 6. The van der Waals surface area contributed by atoms with Crippen molar-refractivity contribution in [3.05, 3.63) is 233 Å². The second kappa shape index (κ2) is 16.7. The maximum absolute atomic E-state index is 7.34. The molecule has 2 aliphatic carbocycles. The minimum atomic E-state index is 0.0375. The molecule has 0 spiro atoms. The molecule has 4 nitrogen and oxygen atoms in total. The number of hydrogen-bond donors (Lipinski definition) is 1. The van der Waals surface area contributed by atoms with Crippen molar-refractivity contribution in [2.45, 2.75) is 57.4 Å². The summed E-state index contributed by atoms with van der Waals surface area (Å²) in [4.78, 5) is 15.8. The summed E-state index contributed by atoms with van der Waals surface area (Å²) in [5.74, 6) is 1.23. The van der Waals surface area contributed by atoms with Crippen LogP contribution in [0.15, 0.2) is 193 Å². The van der Waals surface area contributed by atoms with Gasteiger partial charge in [0.25, 0.3) is 0 Å². The Kier molecular flexibility index (Phi) is 10.5. The summed E-state index contributed by atoms with van der Waals surface area (Å²) < 4.78 is 0. The van der Waals surface area contributed by atoms with Gasteiger partial charge in [-0.25, -0.2) is 9.97 Å². The molecule has 3 aliphatic rings. The molecule has 3 unspecified atom stereocenters. The summed E-state index contributed by atoms with van der Waals surface area (Å²) in [6, 6.07) is 49.4. The molecule has 0 saturated carbocycles. The standard InChI is InChI=1S/C58H50N4/c1-4-46(39-20-9-5-10-21-39)53-37(2)55-48-30-17-18-31-50(48)60-57(42-26-15-8-16-27-42)56(55)38(3)54(53)47-33-32-44(35-49(47)59)43-28-19-29-45(34-43)58-61-51(40-22-11-6-12-23-40)36-52(62-58)41-24-13-7-14-25-41/h5-24,26-36,41,46,48,50H,4,25,59H2,1-3H3/t41-,46?,48?,50?/m0/s1. The van der Waals surface area contributed by atoms with E-state index >= 15 is 0 Å². The second-order valence-corrected chi connectivity index (χ2v) is 16.7. The number of aromatic nitrogens is 2. The zero-order valence-electron chi connectivity index (χ0n) is 35.5. The van der Waals surface area contributed by atoms with Crippen LogP contribution in [-0.4, -0.2) is 21.7 Å². The van der Waals surface area contributed by atoms with Gasteiger partial charge in [-0.2, -0.15) is 0 Å². The Morgan fingerprint density at radius 1 is 0.613 bits per heavy atom. The van der Waals surface area contributed by atoms with Crippen LogP contribution in [-0.2, 0) is 0 Å². The number of anilines is 1. The highest BCUT2D eigenvalue weighted by Gasteiger charge is 2.36. The van der Waals surface area contributed by atoms with Crippen LogP contribution < -0.4 is 5.73 Å². The van der Waals surface area contributed by atoms with Crippen molar-refractivity contribution in [3.63, 3.8) is 0 Å². The van der Waals surface area contributed by atoms with Crippen LogP contribution in [0, 0.1) is 13.8 Å². The molecule has 1 aromatic heterocycles. The predicted octanol–water partition coefficient (Wildman–Crippen LogP) is 13.9. The Labute approximate surface area is 365 Å². The van der Waals surface area contributed by atoms with Gasteiger partial charge in [0.15, 0.2) is 5.82 Å². The van der Waals surface area contributed by atoms with Crippen molar-refractivity contribution in [2.24, 2.45) is 4.99 Å². The van der Waals surface area contributed by atoms with E-state index in [-0.39, 0.29) is 23.8 Å². The third-order valence-electron chi connectivity index (χ3n) is 13.0. The monoisotopic (exact) mass is 802 g/mol. The summed E-state index contributed by atoms with van der Waals surface area (Å²) in [5.41, 5.74) is 26.4. The highest BCUT2D eigenvalue weighted by molar-refractivity contribution is 6.17. The van der Waals surface area contributed by atoms with Gasteiger partial charge in [-0.05, 0) is 89.4 Å². The Bertz CT molecular complexity index is 2960. The molecule has 0 saturated heterocycles. The van der Waals surface area contributed by atoms with E-state index in [1.807, 2.05) is 6.07 Å². The number of nitrogens with zero attached hydrogens (tertiary/aromatic N) is 3. The molecular formula is C58H50N4. The summed E-state index contributed by atoms with van der Waals surface area (Å²) in [7, 11) is 0. The fourth-order valence-electron chi connectivity index (χ4n) is 10.0. The first kappa shape index (κ1) is 39.0. The molecule has 2 heterocycles. The molecule has 6 aromatic carbocycles. The predicted molar refractivity (Wildman–Crippen MR) is 259 cm³/mol. The molecule has 62 heavy (non-hydrogen) atoms. The lowest BCUT2D eigenvalue weighted by Crippen LogP contribution is -2.29. The molecule has 7 aromatic rings. The Balaban J connectivity index is 1.12. The Morgan fingerprint density at radius 3 is 2.02 bits per heavy atom. The SMILES string of the molecule is CCC(c1ccccc1)c1c(C)c2c(c(C)c1-c1ccc(-c3cccc(-c4nc(-c5ccccc5)cc([C@H]5C=CC=CC5)n4)c3)cc1N)C(c1ccccc1)=NC1C=CC=CC21. The van der Waals surface area contributed by atoms with Crippen molar-refractivity contribution in [2.75, 3.05) is 5.73 Å². The average Bonchev–Trinajstić information content (AvgIpc) is 3.34. The minimum absolute atomic E-state index is 0.0375. The van der Waals surface area contributed by atoms with E-state index in [9.17, 15) is 0 Å². The number of aliphatic imine (C=N–C) groups is 1. The Hall–Kier alpha value is -7.17. The number of fused-ring (bicyclic) bond motifs is 3. The smallest absolute Gasteiger partial charge is 0.160 e. The maximum Gasteiger partial charge on any atom is 0.160 e. The largest absolute Gasteiger partial charge is 0.398 e. The Morgan fingerprint density at radius 2 is 1.29 bits per heavy atom. The van der Waals surface area contributed by atoms with Crippen LogP contribution in [0.3, 0.4) is 0 Å². The molecule has 2 N–H and O–H groups in total. The first-order chi connectivity index (χ1) is 30.5. The lowest BCUT2D eigenvalue weighted by Gasteiger charge is -2.36. The lowest BCUT2D eigenvalue weighted by atomic mass is 9.70. The molecule has 10 rings (SSSR count). The van der Waals surface area contributed by atoms with Crippen LogP contribution in [0.2, 0.25) is 0 Å². The zero-order chi connectivity index (χ0) is 42.2. The van der Waals surface area contributed by atoms with Gasteiger partial charge in [0.2, 0.25) is 0 Å². The first-order valence-corrected chi connectivity index (χ1v) is 22.0. The third kappa shape index (κ3) is 7.16. The van der Waals surface area contributed by atoms with Crippen LogP contribution >= 0.6 is 0 Å². The lowest BCUT2D eigenvalue weighted by molar-refractivity contribution is 0.690. The van der Waals surface area contributed by atoms with E-state index in [1.165, 1.54) is 38.9 Å². The number of nitrogen functional groups attached to an aromatic ring is 1. The van der Waals surface area contributed by atoms with Crippen LogP contribution in [0.1, 0.15) is 82.2 Å². The molecule has 0 amide bonds. The molecular weight excluding hydrogens is 753 g/mol. The van der Waals surface area contributed by atoms with E-state index in [0.717, 1.165) is 69.0 Å².